The first-order chi connectivity index (χ1) is 17.7. The van der Waals surface area contributed by atoms with E-state index in [0.717, 1.165) is 6.26 Å². The van der Waals surface area contributed by atoms with Gasteiger partial charge in [0.25, 0.3) is 5.91 Å². The summed E-state index contributed by atoms with van der Waals surface area (Å²) in [6.45, 7) is 0. The normalized spacial score (nSPS) is 11.8. The van der Waals surface area contributed by atoms with Crippen molar-refractivity contribution in [3.8, 4) is 11.1 Å². The van der Waals surface area contributed by atoms with Crippen LogP contribution in [0.4, 0.5) is 16.2 Å². The molecule has 0 aliphatic heterocycles. The van der Waals surface area contributed by atoms with Crippen molar-refractivity contribution < 1.29 is 22.7 Å². The molecule has 1 atom stereocenters. The van der Waals surface area contributed by atoms with E-state index in [1.54, 1.807) is 103 Å². The summed E-state index contributed by atoms with van der Waals surface area (Å²) in [5, 5.41) is 5.86. The van der Waals surface area contributed by atoms with Crippen LogP contribution in [0.3, 0.4) is 0 Å². The van der Waals surface area contributed by atoms with Gasteiger partial charge < -0.3 is 10.1 Å². The van der Waals surface area contributed by atoms with Crippen molar-refractivity contribution in [1.29, 1.82) is 0 Å². The third-order valence-corrected chi connectivity index (χ3v) is 6.81. The summed E-state index contributed by atoms with van der Waals surface area (Å²) in [7, 11) is -3.42. The molecule has 0 aromatic heterocycles. The Bertz CT molecular complexity index is 1510. The van der Waals surface area contributed by atoms with Crippen LogP contribution in [-0.2, 0) is 19.4 Å². The second-order valence-electron chi connectivity index (χ2n) is 8.16. The van der Waals surface area contributed by atoms with Gasteiger partial charge in [0, 0.05) is 33.8 Å². The van der Waals surface area contributed by atoms with Crippen LogP contribution >= 0.6 is 11.6 Å². The van der Waals surface area contributed by atoms with Crippen molar-refractivity contribution in [2.24, 2.45) is 0 Å². The molecule has 9 heteroatoms. The van der Waals surface area contributed by atoms with Crippen LogP contribution in [0.1, 0.15) is 11.7 Å². The fourth-order valence-electron chi connectivity index (χ4n) is 3.66. The van der Waals surface area contributed by atoms with Gasteiger partial charge in [-0.15, -0.1) is 0 Å². The summed E-state index contributed by atoms with van der Waals surface area (Å²) in [6.07, 6.45) is -0.869. The number of hydrogen-bond acceptors (Lipinski definition) is 5. The fraction of sp³-hybridized carbons (Fsp3) is 0.0714. The molecule has 0 radical (unpaired) electrons. The minimum Gasteiger partial charge on any atom is -0.431 e. The second kappa shape index (κ2) is 11.3. The minimum absolute atomic E-state index is 0.219. The van der Waals surface area contributed by atoms with E-state index >= 15 is 0 Å². The molecule has 37 heavy (non-hydrogen) atoms. The van der Waals surface area contributed by atoms with Gasteiger partial charge in [-0.05, 0) is 48.0 Å². The van der Waals surface area contributed by atoms with E-state index < -0.39 is 27.9 Å². The molecule has 2 N–H and O–H groups in total. The lowest BCUT2D eigenvalue weighted by atomic mass is 10.1. The number of ether oxygens (including phenoxy) is 1. The monoisotopic (exact) mass is 534 g/mol. The molecule has 1 unspecified atom stereocenters. The summed E-state index contributed by atoms with van der Waals surface area (Å²) < 4.78 is 29.8. The van der Waals surface area contributed by atoms with Gasteiger partial charge in [0.2, 0.25) is 6.10 Å². The molecule has 0 saturated carbocycles. The number of carbonyl (C=O) groups excluding carboxylic acids is 2. The Hall–Kier alpha value is -4.14. The quantitative estimate of drug-likeness (QED) is 0.288. The molecule has 0 fully saturated rings. The number of amides is 2. The highest BCUT2D eigenvalue weighted by Crippen LogP contribution is 2.29. The summed E-state index contributed by atoms with van der Waals surface area (Å²) >= 11 is 5.88. The average Bonchev–Trinajstić information content (AvgIpc) is 2.89. The number of anilines is 2. The lowest BCUT2D eigenvalue weighted by Gasteiger charge is -2.18. The van der Waals surface area contributed by atoms with E-state index in [2.05, 4.69) is 10.6 Å². The molecule has 7 nitrogen and oxygen atoms in total. The van der Waals surface area contributed by atoms with Crippen LogP contribution in [0, 0.1) is 0 Å². The maximum atomic E-state index is 13.2. The van der Waals surface area contributed by atoms with Gasteiger partial charge in [-0.3, -0.25) is 10.1 Å². The largest absolute Gasteiger partial charge is 0.431 e. The molecular weight excluding hydrogens is 512 g/mol. The topological polar surface area (TPSA) is 102 Å². The number of sulfone groups is 1. The molecule has 0 aliphatic rings. The molecule has 0 spiro atoms. The molecular formula is C28H23ClN2O5S. The summed E-state index contributed by atoms with van der Waals surface area (Å²) in [6, 6.07) is 28.6. The second-order valence-corrected chi connectivity index (χ2v) is 10.6. The number of carbonyl (C=O) groups is 2. The van der Waals surface area contributed by atoms with Crippen LogP contribution in [-0.4, -0.2) is 26.7 Å². The van der Waals surface area contributed by atoms with E-state index in [4.69, 9.17) is 16.3 Å². The zero-order chi connectivity index (χ0) is 26.4. The molecule has 0 bridgehead atoms. The SMILES string of the molecule is CS(=O)(=O)c1ccccc1-c1ccc(NC(=O)C(OC(=O)Nc2ccc(Cl)cc2)c2ccccc2)cc1. The van der Waals surface area contributed by atoms with Gasteiger partial charge in [-0.2, -0.15) is 0 Å². The zero-order valence-corrected chi connectivity index (χ0v) is 21.3. The Morgan fingerprint density at radius 2 is 1.32 bits per heavy atom. The highest BCUT2D eigenvalue weighted by molar-refractivity contribution is 7.90. The van der Waals surface area contributed by atoms with Crippen molar-refractivity contribution in [3.63, 3.8) is 0 Å². The lowest BCUT2D eigenvalue weighted by molar-refractivity contribution is -0.124. The molecule has 4 aromatic carbocycles. The van der Waals surface area contributed by atoms with Gasteiger partial charge >= 0.3 is 6.09 Å². The summed E-state index contributed by atoms with van der Waals surface area (Å²) in [5.74, 6) is -0.554. The maximum absolute atomic E-state index is 13.2. The standard InChI is InChI=1S/C28H23ClN2O5S/c1-37(34,35)25-10-6-5-9-24(25)19-11-15-22(16-12-19)30-27(32)26(20-7-3-2-4-8-20)36-28(33)31-23-17-13-21(29)14-18-23/h2-18,26H,1H3,(H,30,32)(H,31,33). The van der Waals surface area contributed by atoms with E-state index in [1.807, 2.05) is 0 Å². The van der Waals surface area contributed by atoms with Gasteiger partial charge in [0.05, 0.1) is 4.90 Å². The number of nitrogens with one attached hydrogen (secondary N) is 2. The number of halogens is 1. The molecule has 2 amide bonds. The van der Waals surface area contributed by atoms with Crippen molar-refractivity contribution >= 4 is 44.8 Å². The Morgan fingerprint density at radius 1 is 0.757 bits per heavy atom. The van der Waals surface area contributed by atoms with Crippen molar-refractivity contribution in [3.05, 3.63) is 114 Å². The number of rotatable bonds is 7. The van der Waals surface area contributed by atoms with E-state index in [1.165, 1.54) is 0 Å². The molecule has 4 rings (SSSR count). The Labute approximate surface area is 220 Å². The van der Waals surface area contributed by atoms with Gasteiger partial charge in [0.15, 0.2) is 9.84 Å². The zero-order valence-electron chi connectivity index (χ0n) is 19.7. The van der Waals surface area contributed by atoms with Crippen molar-refractivity contribution in [2.45, 2.75) is 11.0 Å². The summed E-state index contributed by atoms with van der Waals surface area (Å²) in [4.78, 5) is 25.9. The first-order valence-electron chi connectivity index (χ1n) is 11.2. The third kappa shape index (κ3) is 6.75. The van der Waals surface area contributed by atoms with Crippen LogP contribution < -0.4 is 10.6 Å². The molecule has 0 heterocycles. The lowest BCUT2D eigenvalue weighted by Crippen LogP contribution is -2.27. The van der Waals surface area contributed by atoms with Crippen LogP contribution in [0.2, 0.25) is 5.02 Å². The minimum atomic E-state index is -3.42. The van der Waals surface area contributed by atoms with Gasteiger partial charge in [-0.25, -0.2) is 13.2 Å². The third-order valence-electron chi connectivity index (χ3n) is 5.41. The van der Waals surface area contributed by atoms with Gasteiger partial charge in [-0.1, -0.05) is 72.3 Å². The first kappa shape index (κ1) is 25.9. The number of hydrogen-bond donors (Lipinski definition) is 2. The van der Waals surface area contributed by atoms with Gasteiger partial charge in [0.1, 0.15) is 0 Å². The van der Waals surface area contributed by atoms with E-state index in [-0.39, 0.29) is 4.90 Å². The molecule has 0 saturated heterocycles. The predicted molar refractivity (Wildman–Crippen MR) is 144 cm³/mol. The fourth-order valence-corrected chi connectivity index (χ4v) is 4.69. The van der Waals surface area contributed by atoms with E-state index in [0.29, 0.717) is 33.1 Å². The predicted octanol–water partition coefficient (Wildman–Crippen LogP) is 6.34. The maximum Gasteiger partial charge on any atom is 0.412 e. The van der Waals surface area contributed by atoms with E-state index in [9.17, 15) is 18.0 Å². The smallest absolute Gasteiger partial charge is 0.412 e. The Kier molecular flexibility index (Phi) is 7.91. The van der Waals surface area contributed by atoms with Crippen LogP contribution in [0.25, 0.3) is 11.1 Å². The Balaban J connectivity index is 1.52. The van der Waals surface area contributed by atoms with Crippen molar-refractivity contribution in [2.75, 3.05) is 16.9 Å². The van der Waals surface area contributed by atoms with Crippen LogP contribution in [0.15, 0.2) is 108 Å². The summed E-state index contributed by atoms with van der Waals surface area (Å²) in [5.41, 5.74) is 2.65. The molecule has 188 valence electrons. The van der Waals surface area contributed by atoms with Crippen LogP contribution in [0.5, 0.6) is 0 Å². The molecule has 4 aromatic rings. The molecule has 0 aliphatic carbocycles. The van der Waals surface area contributed by atoms with Crippen molar-refractivity contribution in [1.82, 2.24) is 0 Å². The number of benzene rings is 4. The first-order valence-corrected chi connectivity index (χ1v) is 13.5. The highest BCUT2D eigenvalue weighted by Gasteiger charge is 2.25. The Morgan fingerprint density at radius 3 is 1.97 bits per heavy atom. The highest BCUT2D eigenvalue weighted by atomic mass is 35.5. The average molecular weight is 535 g/mol.